The topological polar surface area (TPSA) is 42.2 Å². The molecule has 3 nitrogen and oxygen atoms in total. The molecule has 1 saturated carbocycles. The summed E-state index contributed by atoms with van der Waals surface area (Å²) in [5.41, 5.74) is 5.75. The molecule has 0 amide bonds. The highest BCUT2D eigenvalue weighted by Gasteiger charge is 2.30. The highest BCUT2D eigenvalue weighted by Crippen LogP contribution is 2.29. The summed E-state index contributed by atoms with van der Waals surface area (Å²) in [5.74, 6) is 0. The Morgan fingerprint density at radius 1 is 1.62 bits per heavy atom. The van der Waals surface area contributed by atoms with Crippen molar-refractivity contribution in [3.8, 4) is 0 Å². The van der Waals surface area contributed by atoms with Crippen LogP contribution in [0.25, 0.3) is 0 Å². The summed E-state index contributed by atoms with van der Waals surface area (Å²) < 4.78 is 0. The van der Waals surface area contributed by atoms with Crippen molar-refractivity contribution in [3.63, 3.8) is 0 Å². The van der Waals surface area contributed by atoms with E-state index in [1.54, 1.807) is 11.3 Å². The predicted octanol–water partition coefficient (Wildman–Crippen LogP) is 1.38. The van der Waals surface area contributed by atoms with E-state index in [0.717, 1.165) is 18.0 Å². The molecule has 0 bridgehead atoms. The number of rotatable bonds is 2. The van der Waals surface area contributed by atoms with E-state index in [-0.39, 0.29) is 0 Å². The molecule has 1 aliphatic carbocycles. The third kappa shape index (κ3) is 1.69. The fraction of sp³-hybridized carbons (Fsp3) is 0.667. The number of aryl methyl sites for hydroxylation is 1. The van der Waals surface area contributed by atoms with Gasteiger partial charge in [0.05, 0.1) is 0 Å². The maximum Gasteiger partial charge on any atom is 0.185 e. The Kier molecular flexibility index (Phi) is 2.26. The van der Waals surface area contributed by atoms with E-state index in [9.17, 15) is 0 Å². The van der Waals surface area contributed by atoms with Gasteiger partial charge in [0.1, 0.15) is 0 Å². The van der Waals surface area contributed by atoms with Crippen LogP contribution < -0.4 is 10.6 Å². The first-order valence-electron chi connectivity index (χ1n) is 4.57. The molecular weight excluding hydrogens is 182 g/mol. The minimum atomic E-state index is 0.411. The molecule has 4 heteroatoms. The molecule has 1 fully saturated rings. The Morgan fingerprint density at radius 2 is 2.31 bits per heavy atom. The second-order valence-corrected chi connectivity index (χ2v) is 4.96. The van der Waals surface area contributed by atoms with Crippen LogP contribution in [0.2, 0.25) is 0 Å². The van der Waals surface area contributed by atoms with Gasteiger partial charge in [0, 0.05) is 30.2 Å². The lowest BCUT2D eigenvalue weighted by Gasteiger charge is -2.39. The number of hydrogen-bond donors (Lipinski definition) is 1. The highest BCUT2D eigenvalue weighted by atomic mass is 32.1. The smallest absolute Gasteiger partial charge is 0.185 e. The van der Waals surface area contributed by atoms with Crippen molar-refractivity contribution in [2.24, 2.45) is 5.73 Å². The van der Waals surface area contributed by atoms with Crippen LogP contribution in [0.15, 0.2) is 6.20 Å². The van der Waals surface area contributed by atoms with Crippen LogP contribution in [0, 0.1) is 6.92 Å². The molecule has 1 heterocycles. The lowest BCUT2D eigenvalue weighted by Crippen LogP contribution is -2.49. The van der Waals surface area contributed by atoms with Crippen molar-refractivity contribution in [2.75, 3.05) is 11.9 Å². The van der Waals surface area contributed by atoms with E-state index < -0.39 is 0 Å². The van der Waals surface area contributed by atoms with Crippen LogP contribution in [-0.4, -0.2) is 24.1 Å². The van der Waals surface area contributed by atoms with E-state index >= 15 is 0 Å². The maximum absolute atomic E-state index is 5.75. The van der Waals surface area contributed by atoms with Gasteiger partial charge in [0.15, 0.2) is 5.13 Å². The van der Waals surface area contributed by atoms with Gasteiger partial charge in [-0.3, -0.25) is 0 Å². The highest BCUT2D eigenvalue weighted by molar-refractivity contribution is 7.15. The largest absolute Gasteiger partial charge is 0.348 e. The maximum atomic E-state index is 5.75. The van der Waals surface area contributed by atoms with Crippen LogP contribution in [0.1, 0.15) is 17.7 Å². The Balaban J connectivity index is 2.01. The molecule has 0 aliphatic heterocycles. The monoisotopic (exact) mass is 197 g/mol. The SMILES string of the molecule is Cc1cnc(N(C)C2CC(N)C2)s1. The molecule has 2 N–H and O–H groups in total. The van der Waals surface area contributed by atoms with Gasteiger partial charge in [0.2, 0.25) is 0 Å². The summed E-state index contributed by atoms with van der Waals surface area (Å²) in [4.78, 5) is 7.87. The summed E-state index contributed by atoms with van der Waals surface area (Å²) in [5, 5.41) is 1.12. The van der Waals surface area contributed by atoms with Crippen LogP contribution in [-0.2, 0) is 0 Å². The molecule has 72 valence electrons. The van der Waals surface area contributed by atoms with Crippen molar-refractivity contribution >= 4 is 16.5 Å². The summed E-state index contributed by atoms with van der Waals surface area (Å²) in [6.07, 6.45) is 4.14. The quantitative estimate of drug-likeness (QED) is 0.778. The molecular formula is C9H15N3S. The van der Waals surface area contributed by atoms with Gasteiger partial charge >= 0.3 is 0 Å². The molecule has 0 spiro atoms. The third-order valence-electron chi connectivity index (χ3n) is 2.61. The van der Waals surface area contributed by atoms with E-state index in [1.165, 1.54) is 4.88 Å². The lowest BCUT2D eigenvalue weighted by molar-refractivity contribution is 0.340. The Morgan fingerprint density at radius 3 is 2.77 bits per heavy atom. The second kappa shape index (κ2) is 3.27. The van der Waals surface area contributed by atoms with Crippen LogP contribution >= 0.6 is 11.3 Å². The van der Waals surface area contributed by atoms with E-state index in [1.807, 2.05) is 6.20 Å². The first kappa shape index (κ1) is 8.97. The average molecular weight is 197 g/mol. The lowest BCUT2D eigenvalue weighted by atomic mass is 9.87. The average Bonchev–Trinajstić information content (AvgIpc) is 2.45. The second-order valence-electron chi connectivity index (χ2n) is 3.75. The summed E-state index contributed by atoms with van der Waals surface area (Å²) in [6.45, 7) is 2.08. The van der Waals surface area contributed by atoms with Gasteiger partial charge in [0.25, 0.3) is 0 Å². The molecule has 2 rings (SSSR count). The molecule has 13 heavy (non-hydrogen) atoms. The normalized spacial score (nSPS) is 27.0. The van der Waals surface area contributed by atoms with Crippen molar-refractivity contribution < 1.29 is 0 Å². The van der Waals surface area contributed by atoms with Gasteiger partial charge < -0.3 is 10.6 Å². The zero-order valence-electron chi connectivity index (χ0n) is 8.03. The molecule has 1 aliphatic rings. The fourth-order valence-electron chi connectivity index (χ4n) is 1.61. The van der Waals surface area contributed by atoms with E-state index in [0.29, 0.717) is 12.1 Å². The number of nitrogens with two attached hydrogens (primary N) is 1. The minimum absolute atomic E-state index is 0.411. The zero-order chi connectivity index (χ0) is 9.42. The Hall–Kier alpha value is -0.610. The fourth-order valence-corrected chi connectivity index (χ4v) is 2.40. The van der Waals surface area contributed by atoms with E-state index in [2.05, 4.69) is 23.9 Å². The Bertz CT molecular complexity index is 291. The van der Waals surface area contributed by atoms with Crippen molar-refractivity contribution in [1.29, 1.82) is 0 Å². The number of nitrogens with zero attached hydrogens (tertiary/aromatic N) is 2. The molecule has 0 saturated heterocycles. The number of thiazole rings is 1. The van der Waals surface area contributed by atoms with Gasteiger partial charge in [-0.1, -0.05) is 0 Å². The molecule has 1 aromatic rings. The summed E-state index contributed by atoms with van der Waals surface area (Å²) in [7, 11) is 2.11. The number of aromatic nitrogens is 1. The molecule has 0 atom stereocenters. The first-order valence-corrected chi connectivity index (χ1v) is 5.39. The van der Waals surface area contributed by atoms with Crippen molar-refractivity contribution in [2.45, 2.75) is 31.8 Å². The van der Waals surface area contributed by atoms with Gasteiger partial charge in [-0.05, 0) is 19.8 Å². The van der Waals surface area contributed by atoms with Gasteiger partial charge in [-0.25, -0.2) is 4.98 Å². The standard InChI is InChI=1S/C9H15N3S/c1-6-5-11-9(13-6)12(2)8-3-7(10)4-8/h5,7-8H,3-4,10H2,1-2H3. The summed E-state index contributed by atoms with van der Waals surface area (Å²) in [6, 6.07) is 1.02. The molecule has 0 radical (unpaired) electrons. The first-order chi connectivity index (χ1) is 6.16. The predicted molar refractivity (Wildman–Crippen MR) is 56.3 cm³/mol. The van der Waals surface area contributed by atoms with Gasteiger partial charge in [-0.2, -0.15) is 0 Å². The van der Waals surface area contributed by atoms with Gasteiger partial charge in [-0.15, -0.1) is 11.3 Å². The minimum Gasteiger partial charge on any atom is -0.348 e. The zero-order valence-corrected chi connectivity index (χ0v) is 8.84. The summed E-state index contributed by atoms with van der Waals surface area (Å²) >= 11 is 1.75. The number of hydrogen-bond acceptors (Lipinski definition) is 4. The molecule has 0 aromatic carbocycles. The van der Waals surface area contributed by atoms with Crippen molar-refractivity contribution in [3.05, 3.63) is 11.1 Å². The van der Waals surface area contributed by atoms with Crippen LogP contribution in [0.3, 0.4) is 0 Å². The van der Waals surface area contributed by atoms with Crippen molar-refractivity contribution in [1.82, 2.24) is 4.98 Å². The van der Waals surface area contributed by atoms with E-state index in [4.69, 9.17) is 5.73 Å². The molecule has 1 aromatic heterocycles. The molecule has 0 unspecified atom stereocenters. The third-order valence-corrected chi connectivity index (χ3v) is 3.61. The Labute approximate surface area is 82.6 Å². The number of anilines is 1. The van der Waals surface area contributed by atoms with Crippen LogP contribution in [0.5, 0.6) is 0 Å². The van der Waals surface area contributed by atoms with Crippen LogP contribution in [0.4, 0.5) is 5.13 Å².